The van der Waals surface area contributed by atoms with E-state index in [2.05, 4.69) is 20.6 Å². The van der Waals surface area contributed by atoms with Crippen molar-refractivity contribution in [3.63, 3.8) is 0 Å². The second-order valence-corrected chi connectivity index (χ2v) is 6.41. The summed E-state index contributed by atoms with van der Waals surface area (Å²) >= 11 is 12.2. The Morgan fingerprint density at radius 3 is 2.50 bits per heavy atom. The maximum absolute atomic E-state index is 12.3. The van der Waals surface area contributed by atoms with Crippen molar-refractivity contribution in [1.29, 1.82) is 0 Å². The van der Waals surface area contributed by atoms with Crippen molar-refractivity contribution in [3.05, 3.63) is 81.7 Å². The summed E-state index contributed by atoms with van der Waals surface area (Å²) < 4.78 is 0. The van der Waals surface area contributed by atoms with Crippen LogP contribution in [0.25, 0.3) is 0 Å². The van der Waals surface area contributed by atoms with E-state index < -0.39 is 0 Å². The van der Waals surface area contributed by atoms with Crippen LogP contribution in [-0.2, 0) is 6.54 Å². The van der Waals surface area contributed by atoms with Gasteiger partial charge in [0.15, 0.2) is 0 Å². The molecule has 1 heterocycles. The molecule has 3 aromatic rings. The minimum Gasteiger partial charge on any atom is -0.365 e. The molecule has 0 aliphatic heterocycles. The SMILES string of the molecule is Cc1c(Cl)cccc1NC(=O)c1cnc(NCc2ccccc2Cl)cn1. The number of hydrogen-bond donors (Lipinski definition) is 2. The van der Waals surface area contributed by atoms with Crippen molar-refractivity contribution < 1.29 is 4.79 Å². The molecule has 0 fully saturated rings. The fourth-order valence-corrected chi connectivity index (χ4v) is 2.67. The maximum Gasteiger partial charge on any atom is 0.275 e. The molecule has 0 aliphatic carbocycles. The summed E-state index contributed by atoms with van der Waals surface area (Å²) in [7, 11) is 0. The number of amides is 1. The first-order valence-electron chi connectivity index (χ1n) is 7.90. The number of nitrogens with one attached hydrogen (secondary N) is 2. The standard InChI is InChI=1S/C19H16Cl2N4O/c1-12-14(20)7-4-8-16(12)25-19(26)17-10-24-18(11-22-17)23-9-13-5-2-3-6-15(13)21/h2-8,10-11H,9H2,1H3,(H,23,24)(H,25,26). The summed E-state index contributed by atoms with van der Waals surface area (Å²) in [6.07, 6.45) is 2.93. The van der Waals surface area contributed by atoms with E-state index in [1.165, 1.54) is 12.4 Å². The smallest absolute Gasteiger partial charge is 0.275 e. The summed E-state index contributed by atoms with van der Waals surface area (Å²) in [5.74, 6) is 0.209. The fourth-order valence-electron chi connectivity index (χ4n) is 2.29. The molecular formula is C19H16Cl2N4O. The molecule has 0 bridgehead atoms. The summed E-state index contributed by atoms with van der Waals surface area (Å²) in [4.78, 5) is 20.7. The van der Waals surface area contributed by atoms with Crippen LogP contribution in [0.2, 0.25) is 10.0 Å². The van der Waals surface area contributed by atoms with Crippen molar-refractivity contribution in [3.8, 4) is 0 Å². The zero-order valence-corrected chi connectivity index (χ0v) is 15.5. The number of benzene rings is 2. The molecule has 0 unspecified atom stereocenters. The molecule has 0 saturated carbocycles. The van der Waals surface area contributed by atoms with Gasteiger partial charge in [0.05, 0.1) is 12.4 Å². The zero-order chi connectivity index (χ0) is 18.5. The van der Waals surface area contributed by atoms with E-state index in [-0.39, 0.29) is 11.6 Å². The lowest BCUT2D eigenvalue weighted by molar-refractivity contribution is 0.102. The third-order valence-corrected chi connectivity index (χ3v) is 4.60. The van der Waals surface area contributed by atoms with Gasteiger partial charge in [-0.2, -0.15) is 0 Å². The van der Waals surface area contributed by atoms with E-state index in [1.807, 2.05) is 31.2 Å². The van der Waals surface area contributed by atoms with Gasteiger partial charge in [0.2, 0.25) is 0 Å². The van der Waals surface area contributed by atoms with Crippen molar-refractivity contribution in [2.45, 2.75) is 13.5 Å². The van der Waals surface area contributed by atoms with Crippen molar-refractivity contribution in [1.82, 2.24) is 9.97 Å². The third kappa shape index (κ3) is 4.31. The molecule has 2 N–H and O–H groups in total. The second kappa shape index (κ2) is 8.17. The lowest BCUT2D eigenvalue weighted by Crippen LogP contribution is -2.15. The first kappa shape index (κ1) is 18.2. The van der Waals surface area contributed by atoms with Crippen LogP contribution in [0.1, 0.15) is 21.6 Å². The summed E-state index contributed by atoms with van der Waals surface area (Å²) in [5, 5.41) is 7.19. The second-order valence-electron chi connectivity index (χ2n) is 5.60. The number of hydrogen-bond acceptors (Lipinski definition) is 4. The Balaban J connectivity index is 1.64. The molecule has 132 valence electrons. The lowest BCUT2D eigenvalue weighted by atomic mass is 10.2. The molecule has 7 heteroatoms. The highest BCUT2D eigenvalue weighted by Crippen LogP contribution is 2.23. The van der Waals surface area contributed by atoms with Gasteiger partial charge in [-0.05, 0) is 36.2 Å². The summed E-state index contributed by atoms with van der Waals surface area (Å²) in [5.41, 5.74) is 2.61. The molecule has 0 aliphatic rings. The highest BCUT2D eigenvalue weighted by molar-refractivity contribution is 6.32. The Labute approximate surface area is 161 Å². The molecule has 0 radical (unpaired) electrons. The number of anilines is 2. The number of carbonyl (C=O) groups excluding carboxylic acids is 1. The highest BCUT2D eigenvalue weighted by atomic mass is 35.5. The van der Waals surface area contributed by atoms with Gasteiger partial charge in [-0.15, -0.1) is 0 Å². The topological polar surface area (TPSA) is 66.9 Å². The van der Waals surface area contributed by atoms with Crippen LogP contribution in [-0.4, -0.2) is 15.9 Å². The highest BCUT2D eigenvalue weighted by Gasteiger charge is 2.11. The molecule has 1 aromatic heterocycles. The van der Waals surface area contributed by atoms with Crippen molar-refractivity contribution >= 4 is 40.6 Å². The van der Waals surface area contributed by atoms with E-state index in [0.29, 0.717) is 28.1 Å². The largest absolute Gasteiger partial charge is 0.365 e. The van der Waals surface area contributed by atoms with Gasteiger partial charge in [-0.3, -0.25) is 4.79 Å². The Hall–Kier alpha value is -2.63. The van der Waals surface area contributed by atoms with Crippen LogP contribution in [0.4, 0.5) is 11.5 Å². The quantitative estimate of drug-likeness (QED) is 0.650. The van der Waals surface area contributed by atoms with Gasteiger partial charge in [0.1, 0.15) is 11.5 Å². The first-order valence-corrected chi connectivity index (χ1v) is 8.66. The Bertz CT molecular complexity index is 929. The third-order valence-electron chi connectivity index (χ3n) is 3.82. The first-order chi connectivity index (χ1) is 12.5. The minimum absolute atomic E-state index is 0.215. The van der Waals surface area contributed by atoms with E-state index in [1.54, 1.807) is 18.2 Å². The van der Waals surface area contributed by atoms with Gasteiger partial charge in [-0.1, -0.05) is 47.5 Å². The van der Waals surface area contributed by atoms with E-state index in [9.17, 15) is 4.79 Å². The molecule has 0 spiro atoms. The molecule has 2 aromatic carbocycles. The summed E-state index contributed by atoms with van der Waals surface area (Å²) in [6, 6.07) is 12.9. The van der Waals surface area contributed by atoms with Gasteiger partial charge in [0.25, 0.3) is 5.91 Å². The maximum atomic E-state index is 12.3. The van der Waals surface area contributed by atoms with Gasteiger partial charge < -0.3 is 10.6 Å². The zero-order valence-electron chi connectivity index (χ0n) is 14.0. The van der Waals surface area contributed by atoms with Crippen LogP contribution < -0.4 is 10.6 Å². The number of halogens is 2. The van der Waals surface area contributed by atoms with E-state index >= 15 is 0 Å². The molecular weight excluding hydrogens is 371 g/mol. The average molecular weight is 387 g/mol. The molecule has 3 rings (SSSR count). The molecule has 26 heavy (non-hydrogen) atoms. The van der Waals surface area contributed by atoms with Crippen LogP contribution in [0, 0.1) is 6.92 Å². The van der Waals surface area contributed by atoms with Crippen LogP contribution >= 0.6 is 23.2 Å². The normalized spacial score (nSPS) is 10.4. The number of aromatic nitrogens is 2. The minimum atomic E-state index is -0.347. The molecule has 5 nitrogen and oxygen atoms in total. The molecule has 0 saturated heterocycles. The number of nitrogens with zero attached hydrogens (tertiary/aromatic N) is 2. The van der Waals surface area contributed by atoms with E-state index in [4.69, 9.17) is 23.2 Å². The van der Waals surface area contributed by atoms with Gasteiger partial charge in [0, 0.05) is 22.3 Å². The monoisotopic (exact) mass is 386 g/mol. The van der Waals surface area contributed by atoms with Gasteiger partial charge >= 0.3 is 0 Å². The van der Waals surface area contributed by atoms with Crippen LogP contribution in [0.15, 0.2) is 54.9 Å². The van der Waals surface area contributed by atoms with E-state index in [0.717, 1.165) is 11.1 Å². The summed E-state index contributed by atoms with van der Waals surface area (Å²) in [6.45, 7) is 2.35. The Morgan fingerprint density at radius 1 is 1.00 bits per heavy atom. The van der Waals surface area contributed by atoms with Gasteiger partial charge in [-0.25, -0.2) is 9.97 Å². The predicted molar refractivity (Wildman–Crippen MR) is 105 cm³/mol. The number of rotatable bonds is 5. The fraction of sp³-hybridized carbons (Fsp3) is 0.105. The Morgan fingerprint density at radius 2 is 1.77 bits per heavy atom. The van der Waals surface area contributed by atoms with Crippen molar-refractivity contribution in [2.75, 3.05) is 10.6 Å². The lowest BCUT2D eigenvalue weighted by Gasteiger charge is -2.10. The molecule has 0 atom stereocenters. The molecule has 1 amide bonds. The van der Waals surface area contributed by atoms with Crippen molar-refractivity contribution in [2.24, 2.45) is 0 Å². The number of carbonyl (C=O) groups is 1. The van der Waals surface area contributed by atoms with Crippen LogP contribution in [0.5, 0.6) is 0 Å². The van der Waals surface area contributed by atoms with Crippen LogP contribution in [0.3, 0.4) is 0 Å². The average Bonchev–Trinajstić information content (AvgIpc) is 2.65. The Kier molecular flexibility index (Phi) is 5.71. The predicted octanol–water partition coefficient (Wildman–Crippen LogP) is 4.96.